The first-order valence-electron chi connectivity index (χ1n) is 8.10. The quantitative estimate of drug-likeness (QED) is 0.787. The van der Waals surface area contributed by atoms with Crippen molar-refractivity contribution in [3.63, 3.8) is 0 Å². The fourth-order valence-corrected chi connectivity index (χ4v) is 2.71. The van der Waals surface area contributed by atoms with Gasteiger partial charge in [-0.05, 0) is 36.7 Å². The minimum atomic E-state index is -0.188. The topological polar surface area (TPSA) is 59.6 Å². The fraction of sp³-hybridized carbons (Fsp3) is 0.611. The van der Waals surface area contributed by atoms with Crippen LogP contribution in [0.2, 0.25) is 0 Å². The van der Waals surface area contributed by atoms with Crippen LogP contribution in [0.3, 0.4) is 0 Å². The second kappa shape index (κ2) is 8.58. The summed E-state index contributed by atoms with van der Waals surface area (Å²) in [5, 5.41) is 6.31. The van der Waals surface area contributed by atoms with Gasteiger partial charge in [-0.25, -0.2) is 0 Å². The normalized spacial score (nSPS) is 15.7. The highest BCUT2D eigenvalue weighted by Crippen LogP contribution is 2.33. The molecule has 1 saturated heterocycles. The van der Waals surface area contributed by atoms with E-state index in [2.05, 4.69) is 24.5 Å². The van der Waals surface area contributed by atoms with Crippen LogP contribution >= 0.6 is 12.4 Å². The Balaban J connectivity index is 0.00000288. The molecule has 0 bridgehead atoms. The van der Waals surface area contributed by atoms with E-state index in [0.29, 0.717) is 24.0 Å². The van der Waals surface area contributed by atoms with Gasteiger partial charge in [0.1, 0.15) is 0 Å². The van der Waals surface area contributed by atoms with Gasteiger partial charge < -0.3 is 20.1 Å². The predicted octanol–water partition coefficient (Wildman–Crippen LogP) is 2.37. The number of carbonyl (C=O) groups is 1. The number of carbonyl (C=O) groups excluding carboxylic acids is 1. The van der Waals surface area contributed by atoms with Gasteiger partial charge in [0, 0.05) is 17.9 Å². The summed E-state index contributed by atoms with van der Waals surface area (Å²) >= 11 is 0. The maximum absolute atomic E-state index is 12.3. The summed E-state index contributed by atoms with van der Waals surface area (Å²) in [4.78, 5) is 12.3. The highest BCUT2D eigenvalue weighted by molar-refractivity contribution is 5.85. The molecule has 1 unspecified atom stereocenters. The number of methoxy groups -OCH3 is 2. The average molecular weight is 357 g/mol. The molecule has 1 fully saturated rings. The van der Waals surface area contributed by atoms with Crippen molar-refractivity contribution in [3.8, 4) is 11.5 Å². The molecule has 24 heavy (non-hydrogen) atoms. The van der Waals surface area contributed by atoms with Crippen LogP contribution in [-0.2, 0) is 10.2 Å². The van der Waals surface area contributed by atoms with Gasteiger partial charge >= 0.3 is 0 Å². The molecule has 2 N–H and O–H groups in total. The smallest absolute Gasteiger partial charge is 0.223 e. The molecule has 1 aromatic rings. The molecular weight excluding hydrogens is 328 g/mol. The van der Waals surface area contributed by atoms with Gasteiger partial charge in [0.15, 0.2) is 11.5 Å². The first-order valence-corrected chi connectivity index (χ1v) is 8.10. The van der Waals surface area contributed by atoms with Gasteiger partial charge in [0.05, 0.1) is 14.2 Å². The highest BCUT2D eigenvalue weighted by atomic mass is 35.5. The molecule has 2 rings (SSSR count). The van der Waals surface area contributed by atoms with E-state index in [4.69, 9.17) is 9.47 Å². The number of ether oxygens (including phenoxy) is 2. The lowest BCUT2D eigenvalue weighted by atomic mass is 9.83. The Bertz CT molecular complexity index is 559. The first-order chi connectivity index (χ1) is 10.9. The van der Waals surface area contributed by atoms with Crippen LogP contribution in [0, 0.1) is 11.8 Å². The number of rotatable bonds is 7. The second-order valence-corrected chi connectivity index (χ2v) is 6.88. The summed E-state index contributed by atoms with van der Waals surface area (Å²) < 4.78 is 10.6. The lowest BCUT2D eigenvalue weighted by Crippen LogP contribution is -2.50. The van der Waals surface area contributed by atoms with Crippen molar-refractivity contribution in [3.05, 3.63) is 23.8 Å². The van der Waals surface area contributed by atoms with Crippen LogP contribution in [0.4, 0.5) is 0 Å². The zero-order chi connectivity index (χ0) is 17.0. The number of hydrogen-bond acceptors (Lipinski definition) is 4. The van der Waals surface area contributed by atoms with Gasteiger partial charge in [0.2, 0.25) is 5.91 Å². The van der Waals surface area contributed by atoms with E-state index in [1.54, 1.807) is 14.2 Å². The van der Waals surface area contributed by atoms with Crippen LogP contribution < -0.4 is 20.1 Å². The molecule has 5 nitrogen and oxygen atoms in total. The van der Waals surface area contributed by atoms with Gasteiger partial charge in [-0.1, -0.05) is 26.8 Å². The summed E-state index contributed by atoms with van der Waals surface area (Å²) in [6.07, 6.45) is 0. The third-order valence-corrected chi connectivity index (χ3v) is 4.80. The highest BCUT2D eigenvalue weighted by Gasteiger charge is 2.30. The number of hydrogen-bond donors (Lipinski definition) is 2. The molecule has 1 heterocycles. The SMILES string of the molecule is COc1ccc(C(C)(C)CNC(=O)C(C)C2CNC2)cc1OC.Cl. The minimum absolute atomic E-state index is 0. The van der Waals surface area contributed by atoms with Crippen molar-refractivity contribution in [2.45, 2.75) is 26.2 Å². The molecule has 6 heteroatoms. The monoisotopic (exact) mass is 356 g/mol. The van der Waals surface area contributed by atoms with Gasteiger partial charge in [-0.15, -0.1) is 12.4 Å². The third-order valence-electron chi connectivity index (χ3n) is 4.80. The molecule has 1 aliphatic heterocycles. The van der Waals surface area contributed by atoms with E-state index in [1.165, 1.54) is 0 Å². The minimum Gasteiger partial charge on any atom is -0.493 e. The van der Waals surface area contributed by atoms with Crippen LogP contribution in [0.1, 0.15) is 26.3 Å². The standard InChI is InChI=1S/C18H28N2O3.ClH/c1-12(13-9-19-10-13)17(21)20-11-18(2,3)14-6-7-15(22-4)16(8-14)23-5;/h6-8,12-13,19H,9-11H2,1-5H3,(H,20,21);1H. The van der Waals surface area contributed by atoms with Crippen molar-refractivity contribution in [2.75, 3.05) is 33.9 Å². The number of nitrogens with one attached hydrogen (secondary N) is 2. The van der Waals surface area contributed by atoms with Crippen molar-refractivity contribution >= 4 is 18.3 Å². The summed E-state index contributed by atoms with van der Waals surface area (Å²) in [5.74, 6) is 2.06. The molecule has 1 amide bonds. The van der Waals surface area contributed by atoms with E-state index in [1.807, 2.05) is 25.1 Å². The van der Waals surface area contributed by atoms with E-state index in [0.717, 1.165) is 18.7 Å². The lowest BCUT2D eigenvalue weighted by molar-refractivity contribution is -0.126. The molecule has 1 atom stereocenters. The van der Waals surface area contributed by atoms with Gasteiger partial charge in [0.25, 0.3) is 0 Å². The van der Waals surface area contributed by atoms with E-state index < -0.39 is 0 Å². The van der Waals surface area contributed by atoms with E-state index in [-0.39, 0.29) is 29.6 Å². The molecule has 0 radical (unpaired) electrons. The summed E-state index contributed by atoms with van der Waals surface area (Å²) in [6.45, 7) is 8.70. The number of amides is 1. The Hall–Kier alpha value is -1.46. The van der Waals surface area contributed by atoms with Crippen molar-refractivity contribution in [1.29, 1.82) is 0 Å². The average Bonchev–Trinajstić information content (AvgIpc) is 2.50. The molecule has 1 aliphatic rings. The molecule has 0 saturated carbocycles. The summed E-state index contributed by atoms with van der Waals surface area (Å²) in [7, 11) is 3.25. The molecule has 0 spiro atoms. The molecule has 1 aromatic carbocycles. The Kier molecular flexibility index (Phi) is 7.36. The van der Waals surface area contributed by atoms with Crippen molar-refractivity contribution in [1.82, 2.24) is 10.6 Å². The second-order valence-electron chi connectivity index (χ2n) is 6.88. The Morgan fingerprint density at radius 1 is 1.29 bits per heavy atom. The van der Waals surface area contributed by atoms with Gasteiger partial charge in [-0.3, -0.25) is 4.79 Å². The van der Waals surface area contributed by atoms with Crippen LogP contribution in [0.5, 0.6) is 11.5 Å². The summed E-state index contributed by atoms with van der Waals surface area (Å²) in [5.41, 5.74) is 0.917. The molecule has 0 aliphatic carbocycles. The Morgan fingerprint density at radius 3 is 2.42 bits per heavy atom. The van der Waals surface area contributed by atoms with Crippen LogP contribution in [-0.4, -0.2) is 39.8 Å². The maximum Gasteiger partial charge on any atom is 0.223 e. The van der Waals surface area contributed by atoms with E-state index >= 15 is 0 Å². The lowest BCUT2D eigenvalue weighted by Gasteiger charge is -2.33. The Morgan fingerprint density at radius 2 is 1.92 bits per heavy atom. The predicted molar refractivity (Wildman–Crippen MR) is 98.4 cm³/mol. The fourth-order valence-electron chi connectivity index (χ4n) is 2.71. The van der Waals surface area contributed by atoms with Crippen LogP contribution in [0.25, 0.3) is 0 Å². The first kappa shape index (κ1) is 20.6. The Labute approximate surface area is 150 Å². The van der Waals surface area contributed by atoms with Crippen LogP contribution in [0.15, 0.2) is 18.2 Å². The maximum atomic E-state index is 12.3. The van der Waals surface area contributed by atoms with Gasteiger partial charge in [-0.2, -0.15) is 0 Å². The largest absolute Gasteiger partial charge is 0.493 e. The van der Waals surface area contributed by atoms with E-state index in [9.17, 15) is 4.79 Å². The molecular formula is C18H29ClN2O3. The van der Waals surface area contributed by atoms with Crippen molar-refractivity contribution < 1.29 is 14.3 Å². The zero-order valence-corrected chi connectivity index (χ0v) is 16.0. The molecule has 136 valence electrons. The number of benzene rings is 1. The third kappa shape index (κ3) is 4.54. The zero-order valence-electron chi connectivity index (χ0n) is 15.1. The molecule has 0 aromatic heterocycles. The number of halogens is 1. The summed E-state index contributed by atoms with van der Waals surface area (Å²) in [6, 6.07) is 5.90. The van der Waals surface area contributed by atoms with Crippen molar-refractivity contribution in [2.24, 2.45) is 11.8 Å².